The Morgan fingerprint density at radius 3 is 2.75 bits per heavy atom. The summed E-state index contributed by atoms with van der Waals surface area (Å²) in [4.78, 5) is 11.5. The number of rotatable bonds is 4. The minimum atomic E-state index is -0.340. The molecule has 1 aromatic carbocycles. The van der Waals surface area contributed by atoms with Crippen molar-refractivity contribution in [2.75, 3.05) is 6.61 Å². The molecule has 0 saturated heterocycles. The standard InChI is InChI=1S/C16H16N2O2/c1-3-5-13-6-8-14(9-7-13)11-18-12-15(10-17-18)16(19)20-4-2/h6-10,12H,4,11H2,1-2H3. The highest BCUT2D eigenvalue weighted by atomic mass is 16.5. The van der Waals surface area contributed by atoms with E-state index in [1.807, 2.05) is 31.2 Å². The van der Waals surface area contributed by atoms with Crippen LogP contribution in [0.1, 0.15) is 35.3 Å². The summed E-state index contributed by atoms with van der Waals surface area (Å²) in [7, 11) is 0. The number of nitrogens with zero attached hydrogens (tertiary/aromatic N) is 2. The SMILES string of the molecule is CC#Cc1ccc(Cn2cc(C(=O)OCC)cn2)cc1. The lowest BCUT2D eigenvalue weighted by Gasteiger charge is -2.02. The van der Waals surface area contributed by atoms with Gasteiger partial charge in [-0.2, -0.15) is 5.10 Å². The number of benzene rings is 1. The normalized spacial score (nSPS) is 9.70. The third kappa shape index (κ3) is 3.48. The summed E-state index contributed by atoms with van der Waals surface area (Å²) >= 11 is 0. The van der Waals surface area contributed by atoms with Gasteiger partial charge in [0.25, 0.3) is 0 Å². The van der Waals surface area contributed by atoms with Crippen molar-refractivity contribution in [1.29, 1.82) is 0 Å². The Bertz CT molecular complexity index is 645. The summed E-state index contributed by atoms with van der Waals surface area (Å²) in [5.41, 5.74) is 2.56. The van der Waals surface area contributed by atoms with E-state index >= 15 is 0 Å². The van der Waals surface area contributed by atoms with Gasteiger partial charge in [-0.3, -0.25) is 4.68 Å². The fraction of sp³-hybridized carbons (Fsp3) is 0.250. The van der Waals surface area contributed by atoms with Crippen molar-refractivity contribution in [3.63, 3.8) is 0 Å². The maximum absolute atomic E-state index is 11.5. The van der Waals surface area contributed by atoms with E-state index in [1.165, 1.54) is 6.20 Å². The Hall–Kier alpha value is -2.54. The van der Waals surface area contributed by atoms with Gasteiger partial charge in [0, 0.05) is 11.8 Å². The lowest BCUT2D eigenvalue weighted by molar-refractivity contribution is 0.0526. The van der Waals surface area contributed by atoms with Crippen LogP contribution in [0.2, 0.25) is 0 Å². The van der Waals surface area contributed by atoms with Crippen LogP contribution in [-0.2, 0) is 11.3 Å². The zero-order chi connectivity index (χ0) is 14.4. The van der Waals surface area contributed by atoms with E-state index in [9.17, 15) is 4.79 Å². The Kier molecular flexibility index (Phi) is 4.56. The predicted molar refractivity (Wildman–Crippen MR) is 76.3 cm³/mol. The van der Waals surface area contributed by atoms with Crippen molar-refractivity contribution in [1.82, 2.24) is 9.78 Å². The Balaban J connectivity index is 2.06. The predicted octanol–water partition coefficient (Wildman–Crippen LogP) is 2.48. The van der Waals surface area contributed by atoms with E-state index in [2.05, 4.69) is 16.9 Å². The van der Waals surface area contributed by atoms with Gasteiger partial charge in [-0.15, -0.1) is 5.92 Å². The molecule has 0 amide bonds. The number of esters is 1. The molecule has 2 aromatic rings. The average molecular weight is 268 g/mol. The molecule has 0 aliphatic rings. The van der Waals surface area contributed by atoms with E-state index < -0.39 is 0 Å². The monoisotopic (exact) mass is 268 g/mol. The number of carbonyl (C=O) groups excluding carboxylic acids is 1. The number of carbonyl (C=O) groups is 1. The van der Waals surface area contributed by atoms with Gasteiger partial charge < -0.3 is 4.74 Å². The second-order valence-corrected chi connectivity index (χ2v) is 4.22. The first-order chi connectivity index (χ1) is 9.72. The summed E-state index contributed by atoms with van der Waals surface area (Å²) < 4.78 is 6.64. The first kappa shape index (κ1) is 13.9. The molecule has 0 spiro atoms. The topological polar surface area (TPSA) is 44.1 Å². The molecule has 0 bridgehead atoms. The number of aromatic nitrogens is 2. The van der Waals surface area contributed by atoms with Crippen molar-refractivity contribution in [3.8, 4) is 11.8 Å². The second kappa shape index (κ2) is 6.58. The molecule has 2 rings (SSSR count). The minimum Gasteiger partial charge on any atom is -0.462 e. The van der Waals surface area contributed by atoms with Crippen molar-refractivity contribution in [2.24, 2.45) is 0 Å². The molecule has 4 nitrogen and oxygen atoms in total. The van der Waals surface area contributed by atoms with Gasteiger partial charge >= 0.3 is 5.97 Å². The van der Waals surface area contributed by atoms with Crippen LogP contribution in [0.4, 0.5) is 0 Å². The number of hydrogen-bond acceptors (Lipinski definition) is 3. The molecular weight excluding hydrogens is 252 g/mol. The van der Waals surface area contributed by atoms with Crippen LogP contribution in [0.15, 0.2) is 36.7 Å². The van der Waals surface area contributed by atoms with Crippen LogP contribution in [-0.4, -0.2) is 22.4 Å². The van der Waals surface area contributed by atoms with E-state index in [1.54, 1.807) is 17.8 Å². The first-order valence-electron chi connectivity index (χ1n) is 6.44. The third-order valence-corrected chi connectivity index (χ3v) is 2.71. The largest absolute Gasteiger partial charge is 0.462 e. The summed E-state index contributed by atoms with van der Waals surface area (Å²) in [6, 6.07) is 7.96. The third-order valence-electron chi connectivity index (χ3n) is 2.71. The van der Waals surface area contributed by atoms with Gasteiger partial charge in [0.05, 0.1) is 24.9 Å². The van der Waals surface area contributed by atoms with Crippen molar-refractivity contribution >= 4 is 5.97 Å². The number of hydrogen-bond donors (Lipinski definition) is 0. The van der Waals surface area contributed by atoms with Crippen LogP contribution in [0, 0.1) is 11.8 Å². The van der Waals surface area contributed by atoms with Crippen LogP contribution in [0.3, 0.4) is 0 Å². The maximum Gasteiger partial charge on any atom is 0.341 e. The van der Waals surface area contributed by atoms with E-state index in [0.29, 0.717) is 18.7 Å². The summed E-state index contributed by atoms with van der Waals surface area (Å²) in [6.07, 6.45) is 3.21. The zero-order valence-electron chi connectivity index (χ0n) is 11.6. The average Bonchev–Trinajstić information content (AvgIpc) is 2.90. The van der Waals surface area contributed by atoms with Crippen molar-refractivity contribution in [2.45, 2.75) is 20.4 Å². The van der Waals surface area contributed by atoms with Crippen molar-refractivity contribution in [3.05, 3.63) is 53.3 Å². The fourth-order valence-corrected chi connectivity index (χ4v) is 1.79. The van der Waals surface area contributed by atoms with Gasteiger partial charge in [0.2, 0.25) is 0 Å². The van der Waals surface area contributed by atoms with Crippen LogP contribution in [0.5, 0.6) is 0 Å². The number of ether oxygens (including phenoxy) is 1. The van der Waals surface area contributed by atoms with Gasteiger partial charge in [-0.1, -0.05) is 18.1 Å². The Morgan fingerprint density at radius 2 is 2.10 bits per heavy atom. The molecule has 1 heterocycles. The van der Waals surface area contributed by atoms with Gasteiger partial charge in [-0.25, -0.2) is 4.79 Å². The molecule has 0 unspecified atom stereocenters. The quantitative estimate of drug-likeness (QED) is 0.632. The molecule has 0 aliphatic heterocycles. The maximum atomic E-state index is 11.5. The summed E-state index contributed by atoms with van der Waals surface area (Å²) in [5.74, 6) is 5.52. The Morgan fingerprint density at radius 1 is 1.35 bits per heavy atom. The van der Waals surface area contributed by atoms with Crippen LogP contribution >= 0.6 is 0 Å². The molecule has 102 valence electrons. The summed E-state index contributed by atoms with van der Waals surface area (Å²) in [5, 5.41) is 4.16. The van der Waals surface area contributed by atoms with Crippen molar-refractivity contribution < 1.29 is 9.53 Å². The van der Waals surface area contributed by atoms with E-state index in [-0.39, 0.29) is 5.97 Å². The lowest BCUT2D eigenvalue weighted by atomic mass is 10.1. The van der Waals surface area contributed by atoms with E-state index in [0.717, 1.165) is 11.1 Å². The second-order valence-electron chi connectivity index (χ2n) is 4.22. The molecule has 0 N–H and O–H groups in total. The molecule has 0 atom stereocenters. The molecule has 0 radical (unpaired) electrons. The zero-order valence-corrected chi connectivity index (χ0v) is 11.6. The minimum absolute atomic E-state index is 0.340. The Labute approximate surface area is 118 Å². The van der Waals surface area contributed by atoms with Gasteiger partial charge in [0.15, 0.2) is 0 Å². The van der Waals surface area contributed by atoms with Crippen LogP contribution < -0.4 is 0 Å². The van der Waals surface area contributed by atoms with E-state index in [4.69, 9.17) is 4.74 Å². The van der Waals surface area contributed by atoms with Crippen LogP contribution in [0.25, 0.3) is 0 Å². The van der Waals surface area contributed by atoms with Gasteiger partial charge in [-0.05, 0) is 31.5 Å². The molecule has 0 saturated carbocycles. The molecule has 1 aromatic heterocycles. The first-order valence-corrected chi connectivity index (χ1v) is 6.44. The highest BCUT2D eigenvalue weighted by Crippen LogP contribution is 2.07. The molecular formula is C16H16N2O2. The lowest BCUT2D eigenvalue weighted by Crippen LogP contribution is -2.04. The molecule has 20 heavy (non-hydrogen) atoms. The molecule has 0 fully saturated rings. The highest BCUT2D eigenvalue weighted by Gasteiger charge is 2.09. The van der Waals surface area contributed by atoms with Gasteiger partial charge in [0.1, 0.15) is 0 Å². The highest BCUT2D eigenvalue weighted by molar-refractivity contribution is 5.88. The molecule has 0 aliphatic carbocycles. The molecule has 4 heteroatoms. The summed E-state index contributed by atoms with van der Waals surface area (Å²) in [6.45, 7) is 4.57. The fourth-order valence-electron chi connectivity index (χ4n) is 1.79. The smallest absolute Gasteiger partial charge is 0.341 e.